The number of sulfonamides is 1. The molecule has 0 spiro atoms. The molecular weight excluding hydrogens is 262 g/mol. The van der Waals surface area contributed by atoms with Crippen LogP contribution in [0.15, 0.2) is 16.3 Å². The van der Waals surface area contributed by atoms with E-state index in [1.165, 1.54) is 16.4 Å². The number of carboxylic acids is 1. The summed E-state index contributed by atoms with van der Waals surface area (Å²) < 4.78 is 25.8. The van der Waals surface area contributed by atoms with Crippen LogP contribution in [0.5, 0.6) is 0 Å². The lowest BCUT2D eigenvalue weighted by molar-refractivity contribution is 0.0702. The van der Waals surface area contributed by atoms with E-state index in [2.05, 4.69) is 6.42 Å². The fraction of sp³-hybridized carbons (Fsp3) is 0.400. The monoisotopic (exact) mass is 274 g/mol. The Labute approximate surface area is 104 Å². The third-order valence-corrected chi connectivity index (χ3v) is 5.99. The molecule has 1 aliphatic heterocycles. The average molecular weight is 274 g/mol. The molecule has 1 radical (unpaired) electrons. The van der Waals surface area contributed by atoms with E-state index in [-0.39, 0.29) is 9.09 Å². The first-order valence-electron chi connectivity index (χ1n) is 5.17. The van der Waals surface area contributed by atoms with Crippen molar-refractivity contribution in [3.05, 3.63) is 23.4 Å². The van der Waals surface area contributed by atoms with E-state index < -0.39 is 16.0 Å². The average Bonchev–Trinajstić information content (AvgIpc) is 2.80. The first-order valence-corrected chi connectivity index (χ1v) is 7.42. The van der Waals surface area contributed by atoms with Gasteiger partial charge in [0, 0.05) is 13.1 Å². The largest absolute Gasteiger partial charge is 0.477 e. The highest BCUT2D eigenvalue weighted by Gasteiger charge is 2.27. The first kappa shape index (κ1) is 12.5. The molecule has 0 unspecified atom stereocenters. The van der Waals surface area contributed by atoms with Gasteiger partial charge < -0.3 is 5.11 Å². The van der Waals surface area contributed by atoms with Gasteiger partial charge in [0.25, 0.3) is 10.0 Å². The molecule has 0 saturated carbocycles. The van der Waals surface area contributed by atoms with Gasteiger partial charge in [0.05, 0.1) is 0 Å². The molecule has 1 aromatic heterocycles. The van der Waals surface area contributed by atoms with Crippen LogP contribution in [0, 0.1) is 6.42 Å². The SMILES string of the molecule is O=C(O)c1ccc(S(=O)(=O)N2CC[CH]CC2)s1. The van der Waals surface area contributed by atoms with Gasteiger partial charge in [-0.3, -0.25) is 0 Å². The number of piperidine rings is 1. The number of thiophene rings is 1. The van der Waals surface area contributed by atoms with E-state index in [4.69, 9.17) is 5.11 Å². The number of rotatable bonds is 3. The first-order chi connectivity index (χ1) is 8.01. The molecular formula is C10H12NO4S2. The Kier molecular flexibility index (Phi) is 3.50. The van der Waals surface area contributed by atoms with Crippen LogP contribution in [-0.4, -0.2) is 36.9 Å². The molecule has 0 bridgehead atoms. The number of carbonyl (C=O) groups is 1. The molecule has 17 heavy (non-hydrogen) atoms. The van der Waals surface area contributed by atoms with Crippen LogP contribution in [0.1, 0.15) is 22.5 Å². The van der Waals surface area contributed by atoms with Crippen LogP contribution in [0.3, 0.4) is 0 Å². The normalized spacial score (nSPS) is 18.1. The quantitative estimate of drug-likeness (QED) is 0.905. The summed E-state index contributed by atoms with van der Waals surface area (Å²) in [5.41, 5.74) is 0. The van der Waals surface area contributed by atoms with E-state index in [9.17, 15) is 13.2 Å². The fourth-order valence-corrected chi connectivity index (χ4v) is 4.44. The zero-order chi connectivity index (χ0) is 12.5. The van der Waals surface area contributed by atoms with E-state index in [0.717, 1.165) is 24.2 Å². The molecule has 2 rings (SSSR count). The lowest BCUT2D eigenvalue weighted by Crippen LogP contribution is -2.35. The van der Waals surface area contributed by atoms with Gasteiger partial charge in [-0.15, -0.1) is 11.3 Å². The van der Waals surface area contributed by atoms with E-state index >= 15 is 0 Å². The Hall–Kier alpha value is -0.920. The second-order valence-electron chi connectivity index (χ2n) is 3.69. The summed E-state index contributed by atoms with van der Waals surface area (Å²) in [6, 6.07) is 2.69. The second-order valence-corrected chi connectivity index (χ2v) is 6.94. The van der Waals surface area contributed by atoms with Crippen LogP contribution in [-0.2, 0) is 10.0 Å². The molecule has 0 atom stereocenters. The van der Waals surface area contributed by atoms with Gasteiger partial charge in [0.1, 0.15) is 9.09 Å². The number of carboxylic acid groups (broad SMARTS) is 1. The molecule has 2 heterocycles. The Balaban J connectivity index is 2.27. The molecule has 1 fully saturated rings. The van der Waals surface area contributed by atoms with Crippen LogP contribution in [0.2, 0.25) is 0 Å². The maximum atomic E-state index is 12.2. The second kappa shape index (κ2) is 4.75. The summed E-state index contributed by atoms with van der Waals surface area (Å²) in [6.07, 6.45) is 3.55. The Morgan fingerprint density at radius 2 is 1.94 bits per heavy atom. The topological polar surface area (TPSA) is 74.7 Å². The van der Waals surface area contributed by atoms with Gasteiger partial charge in [-0.2, -0.15) is 4.31 Å². The Morgan fingerprint density at radius 3 is 2.47 bits per heavy atom. The van der Waals surface area contributed by atoms with Crippen molar-refractivity contribution in [3.63, 3.8) is 0 Å². The van der Waals surface area contributed by atoms with Crippen molar-refractivity contribution in [2.75, 3.05) is 13.1 Å². The van der Waals surface area contributed by atoms with Crippen molar-refractivity contribution in [3.8, 4) is 0 Å². The van der Waals surface area contributed by atoms with Crippen molar-refractivity contribution >= 4 is 27.3 Å². The highest BCUT2D eigenvalue weighted by Crippen LogP contribution is 2.26. The van der Waals surface area contributed by atoms with Crippen molar-refractivity contribution < 1.29 is 18.3 Å². The van der Waals surface area contributed by atoms with Crippen molar-refractivity contribution in [2.45, 2.75) is 17.1 Å². The fourth-order valence-electron chi connectivity index (χ4n) is 1.67. The standard InChI is InChI=1S/C10H12NO4S2/c12-10(13)8-4-5-9(16-8)17(14,15)11-6-2-1-3-7-11/h1,4-5H,2-3,6-7H2,(H,12,13). The number of aromatic carboxylic acids is 1. The predicted molar refractivity (Wildman–Crippen MR) is 63.6 cm³/mol. The Bertz CT molecular complexity index is 514. The summed E-state index contributed by atoms with van der Waals surface area (Å²) in [5, 5.41) is 8.77. The van der Waals surface area contributed by atoms with E-state index in [0.29, 0.717) is 13.1 Å². The molecule has 0 aromatic carbocycles. The number of nitrogens with zero attached hydrogens (tertiary/aromatic N) is 1. The molecule has 1 N–H and O–H groups in total. The minimum absolute atomic E-state index is 0.0483. The van der Waals surface area contributed by atoms with Crippen molar-refractivity contribution in [1.82, 2.24) is 4.31 Å². The number of hydrogen-bond acceptors (Lipinski definition) is 4. The van der Waals surface area contributed by atoms with Crippen LogP contribution in [0.25, 0.3) is 0 Å². The highest BCUT2D eigenvalue weighted by molar-refractivity contribution is 7.91. The van der Waals surface area contributed by atoms with Gasteiger partial charge in [-0.05, 0) is 31.4 Å². The van der Waals surface area contributed by atoms with Gasteiger partial charge in [0.2, 0.25) is 0 Å². The lowest BCUT2D eigenvalue weighted by Gasteiger charge is -2.24. The zero-order valence-corrected chi connectivity index (χ0v) is 10.6. The zero-order valence-electron chi connectivity index (χ0n) is 9.00. The maximum Gasteiger partial charge on any atom is 0.345 e. The van der Waals surface area contributed by atoms with Crippen LogP contribution < -0.4 is 0 Å². The van der Waals surface area contributed by atoms with Gasteiger partial charge in [0.15, 0.2) is 0 Å². The van der Waals surface area contributed by atoms with Crippen molar-refractivity contribution in [2.24, 2.45) is 0 Å². The minimum Gasteiger partial charge on any atom is -0.477 e. The molecule has 1 aliphatic rings. The molecule has 0 amide bonds. The summed E-state index contributed by atoms with van der Waals surface area (Å²) in [4.78, 5) is 10.8. The molecule has 1 aromatic rings. The molecule has 1 saturated heterocycles. The molecule has 0 aliphatic carbocycles. The summed E-state index contributed by atoms with van der Waals surface area (Å²) in [7, 11) is -3.51. The van der Waals surface area contributed by atoms with E-state index in [1.807, 2.05) is 0 Å². The van der Waals surface area contributed by atoms with Gasteiger partial charge in [-0.25, -0.2) is 13.2 Å². The van der Waals surface area contributed by atoms with Gasteiger partial charge >= 0.3 is 5.97 Å². The van der Waals surface area contributed by atoms with Crippen molar-refractivity contribution in [1.29, 1.82) is 0 Å². The smallest absolute Gasteiger partial charge is 0.345 e. The summed E-state index contributed by atoms with van der Waals surface area (Å²) in [6.45, 7) is 0.950. The third kappa shape index (κ3) is 2.51. The maximum absolute atomic E-state index is 12.2. The van der Waals surface area contributed by atoms with Crippen LogP contribution in [0.4, 0.5) is 0 Å². The molecule has 5 nitrogen and oxygen atoms in total. The minimum atomic E-state index is -3.51. The highest BCUT2D eigenvalue weighted by atomic mass is 32.2. The van der Waals surface area contributed by atoms with E-state index in [1.54, 1.807) is 0 Å². The predicted octanol–water partition coefficient (Wildman–Crippen LogP) is 1.44. The third-order valence-electron chi connectivity index (χ3n) is 2.55. The number of hydrogen-bond donors (Lipinski definition) is 1. The van der Waals surface area contributed by atoms with Crippen LogP contribution >= 0.6 is 11.3 Å². The van der Waals surface area contributed by atoms with Gasteiger partial charge in [-0.1, -0.05) is 0 Å². The summed E-state index contributed by atoms with van der Waals surface area (Å²) in [5.74, 6) is -1.09. The summed E-state index contributed by atoms with van der Waals surface area (Å²) >= 11 is 0.802. The Morgan fingerprint density at radius 1 is 1.29 bits per heavy atom. The lowest BCUT2D eigenvalue weighted by atomic mass is 10.2. The molecule has 7 heteroatoms. The molecule has 93 valence electrons.